The minimum absolute atomic E-state index is 0.176. The fraction of sp³-hybridized carbons (Fsp3) is 0.500. The Morgan fingerprint density at radius 1 is 1.38 bits per heavy atom. The van der Waals surface area contributed by atoms with Crippen LogP contribution in [0.5, 0.6) is 0 Å². The molecule has 2 atom stereocenters. The lowest BCUT2D eigenvalue weighted by Crippen LogP contribution is -2.39. The molecule has 8 heteroatoms. The summed E-state index contributed by atoms with van der Waals surface area (Å²) in [5.41, 5.74) is 0.900. The molecule has 1 aromatic carbocycles. The van der Waals surface area contributed by atoms with Crippen molar-refractivity contribution < 1.29 is 13.9 Å². The Kier molecular flexibility index (Phi) is 6.17. The van der Waals surface area contributed by atoms with E-state index in [4.69, 9.17) is 4.74 Å². The summed E-state index contributed by atoms with van der Waals surface area (Å²) in [7, 11) is 1.62. The number of hydrogen-bond donors (Lipinski definition) is 2. The van der Waals surface area contributed by atoms with Gasteiger partial charge in [-0.1, -0.05) is 30.3 Å². The van der Waals surface area contributed by atoms with E-state index in [-0.39, 0.29) is 17.9 Å². The number of methoxy groups -OCH3 is 1. The van der Waals surface area contributed by atoms with Gasteiger partial charge in [0.1, 0.15) is 5.82 Å². The zero-order valence-electron chi connectivity index (χ0n) is 14.8. The number of H-pyrrole nitrogens is 1. The molecule has 0 spiro atoms. The molecule has 1 aliphatic heterocycles. The van der Waals surface area contributed by atoms with Crippen molar-refractivity contribution in [3.8, 4) is 11.4 Å². The summed E-state index contributed by atoms with van der Waals surface area (Å²) in [6.45, 7) is 1.43. The molecule has 0 unspecified atom stereocenters. The molecule has 3 rings (SSSR count). The average Bonchev–Trinajstić information content (AvgIpc) is 3.32. The van der Waals surface area contributed by atoms with E-state index < -0.39 is 6.67 Å². The molecular formula is C18H24FN5O2. The topological polar surface area (TPSA) is 83.1 Å². The minimum Gasteiger partial charge on any atom is -0.385 e. The number of nitrogens with zero attached hydrogens (tertiary/aromatic N) is 3. The van der Waals surface area contributed by atoms with Crippen molar-refractivity contribution in [2.45, 2.75) is 12.3 Å². The van der Waals surface area contributed by atoms with Gasteiger partial charge in [-0.25, -0.2) is 9.78 Å². The van der Waals surface area contributed by atoms with Gasteiger partial charge in [0.2, 0.25) is 0 Å². The third-order valence-electron chi connectivity index (χ3n) is 4.61. The standard InChI is InChI=1S/C18H24FN5O2/c1-26-9-5-8-20-18(25)24-11-14(10-19)15(12-24)17-21-16(22-23-17)13-6-3-2-4-7-13/h2-4,6-7,14-15H,5,8-12H2,1H3,(H,20,25)(H,21,22,23)/t14-,15-/m1/s1. The molecule has 1 fully saturated rings. The number of benzene rings is 1. The molecule has 0 radical (unpaired) electrons. The number of rotatable bonds is 7. The third kappa shape index (κ3) is 4.19. The number of urea groups is 1. The van der Waals surface area contributed by atoms with E-state index in [0.29, 0.717) is 37.9 Å². The number of hydrogen-bond acceptors (Lipinski definition) is 4. The van der Waals surface area contributed by atoms with E-state index in [1.807, 2.05) is 30.3 Å². The maximum atomic E-state index is 13.5. The Hall–Kier alpha value is -2.48. The first-order chi connectivity index (χ1) is 12.7. The monoisotopic (exact) mass is 361 g/mol. The molecule has 2 amide bonds. The van der Waals surface area contributed by atoms with Crippen LogP contribution >= 0.6 is 0 Å². The van der Waals surface area contributed by atoms with Gasteiger partial charge in [-0.3, -0.25) is 9.49 Å². The maximum absolute atomic E-state index is 13.5. The van der Waals surface area contributed by atoms with Gasteiger partial charge >= 0.3 is 6.03 Å². The Labute approximate surface area is 151 Å². The number of halogens is 1. The van der Waals surface area contributed by atoms with Gasteiger partial charge in [-0.2, -0.15) is 5.10 Å². The van der Waals surface area contributed by atoms with Gasteiger partial charge in [0.15, 0.2) is 5.82 Å². The van der Waals surface area contributed by atoms with Crippen LogP contribution in [0.3, 0.4) is 0 Å². The van der Waals surface area contributed by atoms with E-state index >= 15 is 0 Å². The number of nitrogens with one attached hydrogen (secondary N) is 2. The number of aromatic amines is 1. The molecule has 140 valence electrons. The van der Waals surface area contributed by atoms with Crippen molar-refractivity contribution in [3.63, 3.8) is 0 Å². The first kappa shape index (κ1) is 18.3. The molecular weight excluding hydrogens is 337 g/mol. The third-order valence-corrected chi connectivity index (χ3v) is 4.61. The molecule has 1 aromatic heterocycles. The van der Waals surface area contributed by atoms with Crippen LogP contribution in [-0.4, -0.2) is 66.1 Å². The normalized spacial score (nSPS) is 19.7. The van der Waals surface area contributed by atoms with Crippen molar-refractivity contribution in [3.05, 3.63) is 36.2 Å². The second kappa shape index (κ2) is 8.75. The first-order valence-corrected chi connectivity index (χ1v) is 8.78. The Balaban J connectivity index is 1.64. The minimum atomic E-state index is -0.501. The second-order valence-electron chi connectivity index (χ2n) is 6.41. The van der Waals surface area contributed by atoms with Crippen molar-refractivity contribution in [1.82, 2.24) is 25.4 Å². The fourth-order valence-electron chi connectivity index (χ4n) is 3.18. The van der Waals surface area contributed by atoms with E-state index in [0.717, 1.165) is 12.0 Å². The lowest BCUT2D eigenvalue weighted by molar-refractivity contribution is 0.188. The van der Waals surface area contributed by atoms with Gasteiger partial charge in [-0.15, -0.1) is 0 Å². The summed E-state index contributed by atoms with van der Waals surface area (Å²) >= 11 is 0. The largest absolute Gasteiger partial charge is 0.385 e. The first-order valence-electron chi connectivity index (χ1n) is 8.78. The van der Waals surface area contributed by atoms with Crippen molar-refractivity contribution in [1.29, 1.82) is 0 Å². The number of aromatic nitrogens is 3. The Morgan fingerprint density at radius 3 is 2.92 bits per heavy atom. The summed E-state index contributed by atoms with van der Waals surface area (Å²) in [5, 5.41) is 10.0. The molecule has 2 aromatic rings. The highest BCUT2D eigenvalue weighted by Gasteiger charge is 2.38. The molecule has 26 heavy (non-hydrogen) atoms. The summed E-state index contributed by atoms with van der Waals surface area (Å²) in [6.07, 6.45) is 0.745. The zero-order chi connectivity index (χ0) is 18.4. The predicted octanol–water partition coefficient (Wildman–Crippen LogP) is 2.20. The molecule has 1 saturated heterocycles. The highest BCUT2D eigenvalue weighted by Crippen LogP contribution is 2.32. The van der Waals surface area contributed by atoms with Crippen molar-refractivity contribution in [2.75, 3.05) is 40.0 Å². The van der Waals surface area contributed by atoms with E-state index in [2.05, 4.69) is 20.5 Å². The van der Waals surface area contributed by atoms with Crippen LogP contribution in [0.25, 0.3) is 11.4 Å². The quantitative estimate of drug-likeness (QED) is 0.741. The SMILES string of the molecule is COCCCNC(=O)N1C[C@@H](CF)[C@H](c2nc(-c3ccccc3)n[nH]2)C1. The zero-order valence-corrected chi connectivity index (χ0v) is 14.8. The highest BCUT2D eigenvalue weighted by atomic mass is 19.1. The van der Waals surface area contributed by atoms with Gasteiger partial charge in [0.05, 0.1) is 6.67 Å². The van der Waals surface area contributed by atoms with Gasteiger partial charge < -0.3 is 15.0 Å². The van der Waals surface area contributed by atoms with Crippen LogP contribution in [0.1, 0.15) is 18.2 Å². The van der Waals surface area contributed by atoms with Crippen LogP contribution < -0.4 is 5.32 Å². The lowest BCUT2D eigenvalue weighted by atomic mass is 9.97. The maximum Gasteiger partial charge on any atom is 0.317 e. The molecule has 2 N–H and O–H groups in total. The van der Waals surface area contributed by atoms with Crippen LogP contribution in [0, 0.1) is 5.92 Å². The fourth-order valence-corrected chi connectivity index (χ4v) is 3.18. The summed E-state index contributed by atoms with van der Waals surface area (Å²) in [4.78, 5) is 18.5. The van der Waals surface area contributed by atoms with Crippen LogP contribution in [0.2, 0.25) is 0 Å². The van der Waals surface area contributed by atoms with E-state index in [1.54, 1.807) is 12.0 Å². The van der Waals surface area contributed by atoms with Crippen LogP contribution in [-0.2, 0) is 4.74 Å². The average molecular weight is 361 g/mol. The summed E-state index contributed by atoms with van der Waals surface area (Å²) in [5.74, 6) is 0.743. The molecule has 7 nitrogen and oxygen atoms in total. The Morgan fingerprint density at radius 2 is 2.19 bits per heavy atom. The smallest absolute Gasteiger partial charge is 0.317 e. The molecule has 0 aliphatic carbocycles. The van der Waals surface area contributed by atoms with E-state index in [9.17, 15) is 9.18 Å². The summed E-state index contributed by atoms with van der Waals surface area (Å²) in [6, 6.07) is 9.44. The number of carbonyl (C=O) groups is 1. The highest BCUT2D eigenvalue weighted by molar-refractivity contribution is 5.74. The van der Waals surface area contributed by atoms with Gasteiger partial charge in [-0.05, 0) is 6.42 Å². The Bertz CT molecular complexity index is 709. The predicted molar refractivity (Wildman–Crippen MR) is 95.5 cm³/mol. The number of alkyl halides is 1. The molecule has 1 aliphatic rings. The molecule has 2 heterocycles. The second-order valence-corrected chi connectivity index (χ2v) is 6.41. The number of carbonyl (C=O) groups excluding carboxylic acids is 1. The van der Waals surface area contributed by atoms with Crippen LogP contribution in [0.15, 0.2) is 30.3 Å². The van der Waals surface area contributed by atoms with Crippen molar-refractivity contribution in [2.24, 2.45) is 5.92 Å². The summed E-state index contributed by atoms with van der Waals surface area (Å²) < 4.78 is 18.5. The van der Waals surface area contributed by atoms with Crippen LogP contribution in [0.4, 0.5) is 9.18 Å². The molecule has 0 bridgehead atoms. The number of likely N-dealkylation sites (tertiary alicyclic amines) is 1. The van der Waals surface area contributed by atoms with Crippen molar-refractivity contribution >= 4 is 6.03 Å². The number of amides is 2. The lowest BCUT2D eigenvalue weighted by Gasteiger charge is -2.16. The van der Waals surface area contributed by atoms with E-state index in [1.165, 1.54) is 0 Å². The van der Waals surface area contributed by atoms with Gasteiger partial charge in [0, 0.05) is 50.8 Å². The van der Waals surface area contributed by atoms with Gasteiger partial charge in [0.25, 0.3) is 0 Å². The number of ether oxygens (including phenoxy) is 1. The molecule has 0 saturated carbocycles.